The smallest absolute Gasteiger partial charge is 0.0707 e. The normalized spacial score (nSPS) is 26.9. The maximum atomic E-state index is 6.18. The van der Waals surface area contributed by atoms with Crippen molar-refractivity contribution in [3.63, 3.8) is 0 Å². The van der Waals surface area contributed by atoms with Gasteiger partial charge in [-0.25, -0.2) is 0 Å². The average molecular weight is 283 g/mol. The number of nitrogens with zero attached hydrogens (tertiary/aromatic N) is 2. The molecule has 2 atom stereocenters. The van der Waals surface area contributed by atoms with Gasteiger partial charge in [0.25, 0.3) is 0 Å². The predicted molar refractivity (Wildman–Crippen MR) is 84.2 cm³/mol. The fourth-order valence-electron chi connectivity index (χ4n) is 2.93. The van der Waals surface area contributed by atoms with Gasteiger partial charge in [-0.15, -0.1) is 0 Å². The van der Waals surface area contributed by atoms with E-state index in [0.717, 1.165) is 25.7 Å². The minimum atomic E-state index is 0.459. The van der Waals surface area contributed by atoms with Crippen LogP contribution < -0.4 is 5.32 Å². The molecule has 0 spiro atoms. The molecule has 0 amide bonds. The fourth-order valence-corrected chi connectivity index (χ4v) is 2.93. The number of rotatable bonds is 10. The molecule has 2 rings (SSSR count). The molecule has 0 aromatic carbocycles. The molecule has 0 aromatic heterocycles. The van der Waals surface area contributed by atoms with E-state index >= 15 is 0 Å². The zero-order valence-electron chi connectivity index (χ0n) is 13.6. The fraction of sp³-hybridized carbons (Fsp3) is 1.00. The van der Waals surface area contributed by atoms with E-state index in [-0.39, 0.29) is 0 Å². The largest absolute Gasteiger partial charge is 0.372 e. The second kappa shape index (κ2) is 8.32. The van der Waals surface area contributed by atoms with Crippen molar-refractivity contribution in [1.82, 2.24) is 15.1 Å². The zero-order valence-corrected chi connectivity index (χ0v) is 13.6. The molecule has 20 heavy (non-hydrogen) atoms. The van der Waals surface area contributed by atoms with Crippen LogP contribution in [0.1, 0.15) is 39.0 Å². The van der Waals surface area contributed by atoms with E-state index < -0.39 is 0 Å². The van der Waals surface area contributed by atoms with Crippen LogP contribution >= 0.6 is 0 Å². The molecule has 4 heteroatoms. The average Bonchev–Trinajstić information content (AvgIpc) is 3.14. The van der Waals surface area contributed by atoms with Crippen molar-refractivity contribution < 1.29 is 4.74 Å². The van der Waals surface area contributed by atoms with Crippen LogP contribution in [0.2, 0.25) is 0 Å². The highest BCUT2D eigenvalue weighted by atomic mass is 16.5. The summed E-state index contributed by atoms with van der Waals surface area (Å²) >= 11 is 0. The van der Waals surface area contributed by atoms with Crippen molar-refractivity contribution in [3.05, 3.63) is 0 Å². The van der Waals surface area contributed by atoms with E-state index in [1.165, 1.54) is 45.2 Å². The third-order valence-corrected chi connectivity index (χ3v) is 4.40. The Balaban J connectivity index is 1.58. The van der Waals surface area contributed by atoms with E-state index in [2.05, 4.69) is 36.1 Å². The molecule has 1 aliphatic heterocycles. The van der Waals surface area contributed by atoms with E-state index in [1.807, 2.05) is 0 Å². The van der Waals surface area contributed by atoms with E-state index in [1.54, 1.807) is 0 Å². The number of likely N-dealkylation sites (N-methyl/N-ethyl adjacent to an activating group) is 1. The first-order chi connectivity index (χ1) is 9.67. The maximum absolute atomic E-state index is 6.18. The Morgan fingerprint density at radius 3 is 2.45 bits per heavy atom. The van der Waals surface area contributed by atoms with Gasteiger partial charge in [0.15, 0.2) is 0 Å². The summed E-state index contributed by atoms with van der Waals surface area (Å²) in [4.78, 5) is 4.81. The SMILES string of the molecule is CCN(CCCN(C)C)CC1CCC(CNC2CC2)O1. The third-order valence-electron chi connectivity index (χ3n) is 4.40. The minimum Gasteiger partial charge on any atom is -0.372 e. The highest BCUT2D eigenvalue weighted by molar-refractivity contribution is 4.84. The van der Waals surface area contributed by atoms with Crippen LogP contribution in [0, 0.1) is 0 Å². The van der Waals surface area contributed by atoms with Gasteiger partial charge in [-0.1, -0.05) is 6.92 Å². The molecule has 1 heterocycles. The molecule has 2 unspecified atom stereocenters. The van der Waals surface area contributed by atoms with Crippen LogP contribution in [-0.4, -0.2) is 74.9 Å². The lowest BCUT2D eigenvalue weighted by Gasteiger charge is -2.25. The summed E-state index contributed by atoms with van der Waals surface area (Å²) in [5, 5.41) is 3.59. The lowest BCUT2D eigenvalue weighted by Crippen LogP contribution is -2.35. The van der Waals surface area contributed by atoms with Crippen LogP contribution in [0.4, 0.5) is 0 Å². The Hall–Kier alpha value is -0.160. The van der Waals surface area contributed by atoms with Crippen molar-refractivity contribution in [2.45, 2.75) is 57.3 Å². The van der Waals surface area contributed by atoms with E-state index in [0.29, 0.717) is 12.2 Å². The van der Waals surface area contributed by atoms with E-state index in [9.17, 15) is 0 Å². The number of ether oxygens (including phenoxy) is 1. The van der Waals surface area contributed by atoms with Crippen LogP contribution in [0.5, 0.6) is 0 Å². The van der Waals surface area contributed by atoms with Crippen molar-refractivity contribution in [2.75, 3.05) is 46.8 Å². The van der Waals surface area contributed by atoms with Crippen molar-refractivity contribution in [2.24, 2.45) is 0 Å². The lowest BCUT2D eigenvalue weighted by molar-refractivity contribution is 0.0237. The van der Waals surface area contributed by atoms with Gasteiger partial charge in [-0.05, 0) is 65.8 Å². The van der Waals surface area contributed by atoms with Crippen LogP contribution in [0.3, 0.4) is 0 Å². The summed E-state index contributed by atoms with van der Waals surface area (Å²) in [6, 6.07) is 0.802. The van der Waals surface area contributed by atoms with Gasteiger partial charge < -0.3 is 19.9 Å². The van der Waals surface area contributed by atoms with Crippen LogP contribution in [-0.2, 0) is 4.74 Å². The molecular formula is C16H33N3O. The standard InChI is InChI=1S/C16H33N3O/c1-4-19(11-5-10-18(2)3)13-16-9-8-15(20-16)12-17-14-6-7-14/h14-17H,4-13H2,1-3H3. The molecule has 1 aliphatic carbocycles. The molecule has 0 radical (unpaired) electrons. The molecule has 1 saturated heterocycles. The lowest BCUT2D eigenvalue weighted by atomic mass is 10.2. The molecule has 1 N–H and O–H groups in total. The van der Waals surface area contributed by atoms with Crippen molar-refractivity contribution in [1.29, 1.82) is 0 Å². The first-order valence-corrected chi connectivity index (χ1v) is 8.43. The zero-order chi connectivity index (χ0) is 14.4. The number of hydrogen-bond donors (Lipinski definition) is 1. The van der Waals surface area contributed by atoms with Gasteiger partial charge >= 0.3 is 0 Å². The predicted octanol–water partition coefficient (Wildman–Crippen LogP) is 1.56. The van der Waals surface area contributed by atoms with Crippen LogP contribution in [0.25, 0.3) is 0 Å². The van der Waals surface area contributed by atoms with Gasteiger partial charge in [0.05, 0.1) is 12.2 Å². The monoisotopic (exact) mass is 283 g/mol. The first kappa shape index (κ1) is 16.2. The van der Waals surface area contributed by atoms with Gasteiger partial charge in [-0.2, -0.15) is 0 Å². The van der Waals surface area contributed by atoms with Crippen molar-refractivity contribution >= 4 is 0 Å². The molecule has 0 aromatic rings. The molecule has 4 nitrogen and oxygen atoms in total. The van der Waals surface area contributed by atoms with Gasteiger partial charge in [0, 0.05) is 19.1 Å². The highest BCUT2D eigenvalue weighted by Crippen LogP contribution is 2.23. The summed E-state index contributed by atoms with van der Waals surface area (Å²) in [7, 11) is 4.29. The van der Waals surface area contributed by atoms with E-state index in [4.69, 9.17) is 4.74 Å². The Kier molecular flexibility index (Phi) is 6.75. The topological polar surface area (TPSA) is 27.7 Å². The summed E-state index contributed by atoms with van der Waals surface area (Å²) in [6.07, 6.45) is 7.37. The summed E-state index contributed by atoms with van der Waals surface area (Å²) in [5.41, 5.74) is 0. The van der Waals surface area contributed by atoms with Gasteiger partial charge in [-0.3, -0.25) is 0 Å². The minimum absolute atomic E-state index is 0.459. The number of nitrogens with one attached hydrogen (secondary N) is 1. The van der Waals surface area contributed by atoms with Crippen molar-refractivity contribution in [3.8, 4) is 0 Å². The molecule has 1 saturated carbocycles. The summed E-state index contributed by atoms with van der Waals surface area (Å²) in [5.74, 6) is 0. The Bertz CT molecular complexity index is 268. The van der Waals surface area contributed by atoms with Gasteiger partial charge in [0.2, 0.25) is 0 Å². The molecule has 2 aliphatic rings. The molecule has 0 bridgehead atoms. The highest BCUT2D eigenvalue weighted by Gasteiger charge is 2.28. The van der Waals surface area contributed by atoms with Crippen LogP contribution in [0.15, 0.2) is 0 Å². The number of hydrogen-bond acceptors (Lipinski definition) is 4. The summed E-state index contributed by atoms with van der Waals surface area (Å²) in [6.45, 7) is 7.95. The Morgan fingerprint density at radius 2 is 1.80 bits per heavy atom. The second-order valence-electron chi connectivity index (χ2n) is 6.69. The Labute approximate surface area is 124 Å². The quantitative estimate of drug-likeness (QED) is 0.658. The molecule has 118 valence electrons. The first-order valence-electron chi connectivity index (χ1n) is 8.43. The summed E-state index contributed by atoms with van der Waals surface area (Å²) < 4.78 is 6.18. The third kappa shape index (κ3) is 6.08. The molecular weight excluding hydrogens is 250 g/mol. The molecule has 2 fully saturated rings. The van der Waals surface area contributed by atoms with Gasteiger partial charge in [0.1, 0.15) is 0 Å². The maximum Gasteiger partial charge on any atom is 0.0707 e. The second-order valence-corrected chi connectivity index (χ2v) is 6.69. The Morgan fingerprint density at radius 1 is 1.05 bits per heavy atom.